The van der Waals surface area contributed by atoms with Gasteiger partial charge in [0.25, 0.3) is 0 Å². The van der Waals surface area contributed by atoms with Gasteiger partial charge in [0.2, 0.25) is 5.91 Å². The zero-order valence-corrected chi connectivity index (χ0v) is 9.00. The lowest BCUT2D eigenvalue weighted by atomic mass is 10.0. The zero-order chi connectivity index (χ0) is 10.4. The van der Waals surface area contributed by atoms with Gasteiger partial charge in [-0.2, -0.15) is 0 Å². The summed E-state index contributed by atoms with van der Waals surface area (Å²) in [5, 5.41) is 11.8. The van der Waals surface area contributed by atoms with Crippen LogP contribution in [0.25, 0.3) is 0 Å². The van der Waals surface area contributed by atoms with E-state index >= 15 is 0 Å². The molecule has 0 saturated heterocycles. The predicted octanol–water partition coefficient (Wildman–Crippen LogP) is 1.17. The number of rotatable bonds is 5. The minimum Gasteiger partial charge on any atom is -0.394 e. The van der Waals surface area contributed by atoms with Gasteiger partial charge in [0.1, 0.15) is 0 Å². The highest BCUT2D eigenvalue weighted by Gasteiger charge is 2.17. The standard InChI is InChI=1S/C10H21NO2/c1-5-8(4)10(13)11-9(6-12)7(2)3/h7-9,12H,5-6H2,1-4H3,(H,11,13)/t8?,9-/m1/s1. The van der Waals surface area contributed by atoms with Crippen molar-refractivity contribution in [3.05, 3.63) is 0 Å². The normalized spacial score (nSPS) is 15.5. The third kappa shape index (κ3) is 4.27. The Bertz CT molecular complexity index is 157. The van der Waals surface area contributed by atoms with Crippen molar-refractivity contribution in [2.45, 2.75) is 40.2 Å². The number of hydrogen-bond donors (Lipinski definition) is 2. The second kappa shape index (κ2) is 5.97. The second-order valence-electron chi connectivity index (χ2n) is 3.85. The molecule has 2 N–H and O–H groups in total. The molecule has 0 heterocycles. The Morgan fingerprint density at radius 3 is 2.23 bits per heavy atom. The van der Waals surface area contributed by atoms with E-state index in [4.69, 9.17) is 5.11 Å². The Kier molecular flexibility index (Phi) is 5.71. The van der Waals surface area contributed by atoms with Crippen LogP contribution in [-0.4, -0.2) is 23.7 Å². The van der Waals surface area contributed by atoms with Gasteiger partial charge in [-0.1, -0.05) is 27.7 Å². The maximum atomic E-state index is 11.4. The van der Waals surface area contributed by atoms with Crippen LogP contribution in [0.1, 0.15) is 34.1 Å². The summed E-state index contributed by atoms with van der Waals surface area (Å²) >= 11 is 0. The molecule has 0 spiro atoms. The quantitative estimate of drug-likeness (QED) is 0.678. The van der Waals surface area contributed by atoms with Gasteiger partial charge in [0, 0.05) is 5.92 Å². The fourth-order valence-electron chi connectivity index (χ4n) is 0.934. The van der Waals surface area contributed by atoms with E-state index in [0.29, 0.717) is 0 Å². The van der Waals surface area contributed by atoms with Crippen molar-refractivity contribution in [3.8, 4) is 0 Å². The highest BCUT2D eigenvalue weighted by atomic mass is 16.3. The summed E-state index contributed by atoms with van der Waals surface area (Å²) in [5.74, 6) is 0.348. The molecule has 13 heavy (non-hydrogen) atoms. The van der Waals surface area contributed by atoms with Crippen molar-refractivity contribution in [1.29, 1.82) is 0 Å². The minimum atomic E-state index is -0.110. The molecule has 0 aliphatic heterocycles. The summed E-state index contributed by atoms with van der Waals surface area (Å²) in [7, 11) is 0. The second-order valence-corrected chi connectivity index (χ2v) is 3.85. The number of nitrogens with one attached hydrogen (secondary N) is 1. The monoisotopic (exact) mass is 187 g/mol. The molecular weight excluding hydrogens is 166 g/mol. The smallest absolute Gasteiger partial charge is 0.223 e. The SMILES string of the molecule is CCC(C)C(=O)N[C@H](CO)C(C)C. The minimum absolute atomic E-state index is 0.0137. The Hall–Kier alpha value is -0.570. The number of aliphatic hydroxyl groups excluding tert-OH is 1. The van der Waals surface area contributed by atoms with Gasteiger partial charge < -0.3 is 10.4 Å². The van der Waals surface area contributed by atoms with E-state index in [9.17, 15) is 4.79 Å². The van der Waals surface area contributed by atoms with Crippen LogP contribution in [0.2, 0.25) is 0 Å². The summed E-state index contributed by atoms with van der Waals surface area (Å²) in [6.45, 7) is 7.85. The third-order valence-electron chi connectivity index (χ3n) is 2.39. The summed E-state index contributed by atoms with van der Waals surface area (Å²) in [4.78, 5) is 11.4. The molecule has 0 rings (SSSR count). The van der Waals surface area contributed by atoms with Gasteiger partial charge in [0.15, 0.2) is 0 Å². The first kappa shape index (κ1) is 12.4. The van der Waals surface area contributed by atoms with Crippen molar-refractivity contribution >= 4 is 5.91 Å². The van der Waals surface area contributed by atoms with Crippen LogP contribution in [-0.2, 0) is 4.79 Å². The maximum Gasteiger partial charge on any atom is 0.223 e. The first-order valence-electron chi connectivity index (χ1n) is 4.94. The number of carbonyl (C=O) groups is 1. The lowest BCUT2D eigenvalue weighted by molar-refractivity contribution is -0.126. The highest BCUT2D eigenvalue weighted by Crippen LogP contribution is 2.04. The van der Waals surface area contributed by atoms with E-state index in [1.807, 2.05) is 27.7 Å². The molecule has 0 saturated carbocycles. The van der Waals surface area contributed by atoms with Gasteiger partial charge in [0.05, 0.1) is 12.6 Å². The zero-order valence-electron chi connectivity index (χ0n) is 9.00. The van der Waals surface area contributed by atoms with Crippen molar-refractivity contribution in [2.24, 2.45) is 11.8 Å². The fourth-order valence-corrected chi connectivity index (χ4v) is 0.934. The Balaban J connectivity index is 4.01. The third-order valence-corrected chi connectivity index (χ3v) is 2.39. The van der Waals surface area contributed by atoms with Crippen molar-refractivity contribution in [1.82, 2.24) is 5.32 Å². The molecule has 0 bridgehead atoms. The van der Waals surface area contributed by atoms with Gasteiger partial charge >= 0.3 is 0 Å². The molecule has 1 unspecified atom stereocenters. The molecular formula is C10H21NO2. The number of aliphatic hydroxyl groups is 1. The van der Waals surface area contributed by atoms with Gasteiger partial charge in [-0.25, -0.2) is 0 Å². The van der Waals surface area contributed by atoms with Crippen molar-refractivity contribution < 1.29 is 9.90 Å². The Morgan fingerprint density at radius 2 is 1.92 bits per heavy atom. The lowest BCUT2D eigenvalue weighted by Crippen LogP contribution is -2.43. The highest BCUT2D eigenvalue weighted by molar-refractivity contribution is 5.78. The van der Waals surface area contributed by atoms with Crippen LogP contribution in [0, 0.1) is 11.8 Å². The summed E-state index contributed by atoms with van der Waals surface area (Å²) in [5.41, 5.74) is 0. The maximum absolute atomic E-state index is 11.4. The Morgan fingerprint density at radius 1 is 1.38 bits per heavy atom. The average molecular weight is 187 g/mol. The summed E-state index contributed by atoms with van der Waals surface area (Å²) < 4.78 is 0. The molecule has 1 amide bonds. The van der Waals surface area contributed by atoms with E-state index in [1.165, 1.54) is 0 Å². The molecule has 0 aromatic carbocycles. The van der Waals surface area contributed by atoms with Crippen LogP contribution in [0.3, 0.4) is 0 Å². The molecule has 78 valence electrons. The van der Waals surface area contributed by atoms with Gasteiger partial charge in [-0.3, -0.25) is 4.79 Å². The van der Waals surface area contributed by atoms with Crippen LogP contribution in [0.4, 0.5) is 0 Å². The van der Waals surface area contributed by atoms with Gasteiger partial charge in [-0.15, -0.1) is 0 Å². The van der Waals surface area contributed by atoms with E-state index in [1.54, 1.807) is 0 Å². The average Bonchev–Trinajstić information content (AvgIpc) is 2.11. The molecule has 0 aliphatic carbocycles. The van der Waals surface area contributed by atoms with Crippen LogP contribution < -0.4 is 5.32 Å². The summed E-state index contributed by atoms with van der Waals surface area (Å²) in [6.07, 6.45) is 0.835. The first-order valence-corrected chi connectivity index (χ1v) is 4.94. The van der Waals surface area contributed by atoms with E-state index in [2.05, 4.69) is 5.32 Å². The predicted molar refractivity (Wildman–Crippen MR) is 53.3 cm³/mol. The van der Waals surface area contributed by atoms with Crippen molar-refractivity contribution in [3.63, 3.8) is 0 Å². The van der Waals surface area contributed by atoms with Crippen LogP contribution >= 0.6 is 0 Å². The largest absolute Gasteiger partial charge is 0.394 e. The van der Waals surface area contributed by atoms with Crippen LogP contribution in [0.5, 0.6) is 0 Å². The van der Waals surface area contributed by atoms with E-state index in [-0.39, 0.29) is 30.4 Å². The van der Waals surface area contributed by atoms with Gasteiger partial charge in [-0.05, 0) is 12.3 Å². The molecule has 3 nitrogen and oxygen atoms in total. The molecule has 0 fully saturated rings. The Labute approximate surface area is 80.5 Å². The first-order chi connectivity index (χ1) is 6.02. The fraction of sp³-hybridized carbons (Fsp3) is 0.900. The van der Waals surface area contributed by atoms with Crippen LogP contribution in [0.15, 0.2) is 0 Å². The molecule has 0 aromatic heterocycles. The topological polar surface area (TPSA) is 49.3 Å². The number of hydrogen-bond acceptors (Lipinski definition) is 2. The summed E-state index contributed by atoms with van der Waals surface area (Å²) in [6, 6.07) is -0.110. The molecule has 0 radical (unpaired) electrons. The van der Waals surface area contributed by atoms with E-state index in [0.717, 1.165) is 6.42 Å². The molecule has 0 aromatic rings. The number of amides is 1. The van der Waals surface area contributed by atoms with E-state index < -0.39 is 0 Å². The lowest BCUT2D eigenvalue weighted by Gasteiger charge is -2.21. The molecule has 2 atom stereocenters. The molecule has 0 aliphatic rings. The van der Waals surface area contributed by atoms with Crippen molar-refractivity contribution in [2.75, 3.05) is 6.61 Å². The number of carbonyl (C=O) groups excluding carboxylic acids is 1. The molecule has 3 heteroatoms.